The molecule has 24 heavy (non-hydrogen) atoms. The normalized spacial score (nSPS) is 15.8. The first-order valence-electron chi connectivity index (χ1n) is 7.40. The number of anilines is 1. The van der Waals surface area contributed by atoms with Crippen LogP contribution in [0.2, 0.25) is 0 Å². The van der Waals surface area contributed by atoms with Crippen LogP contribution in [0, 0.1) is 17.0 Å². The molecule has 0 spiro atoms. The molecular formula is C15H15F3N4O2. The number of fused-ring (bicyclic) bond motifs is 1. The van der Waals surface area contributed by atoms with Gasteiger partial charge in [0.25, 0.3) is 5.69 Å². The van der Waals surface area contributed by atoms with Crippen molar-refractivity contribution < 1.29 is 18.1 Å². The number of aryl methyl sites for hydroxylation is 1. The van der Waals surface area contributed by atoms with Gasteiger partial charge in [0.1, 0.15) is 11.1 Å². The molecule has 3 rings (SSSR count). The zero-order chi connectivity index (χ0) is 17.5. The number of hydrogen-bond donors (Lipinski definition) is 1. The van der Waals surface area contributed by atoms with E-state index in [1.807, 2.05) is 0 Å². The van der Waals surface area contributed by atoms with E-state index in [2.05, 4.69) is 10.3 Å². The number of pyridine rings is 1. The number of piperazine rings is 1. The maximum absolute atomic E-state index is 13.2. The Morgan fingerprint density at radius 2 is 1.96 bits per heavy atom. The zero-order valence-corrected chi connectivity index (χ0v) is 12.9. The molecular weight excluding hydrogens is 325 g/mol. The summed E-state index contributed by atoms with van der Waals surface area (Å²) >= 11 is 0. The molecule has 0 atom stereocenters. The maximum atomic E-state index is 13.2. The van der Waals surface area contributed by atoms with E-state index in [4.69, 9.17) is 0 Å². The highest BCUT2D eigenvalue weighted by Gasteiger charge is 2.35. The summed E-state index contributed by atoms with van der Waals surface area (Å²) in [6.45, 7) is 3.72. The number of halogens is 3. The van der Waals surface area contributed by atoms with Crippen molar-refractivity contribution in [2.75, 3.05) is 31.1 Å². The number of nitro benzene ring substituents is 1. The number of nitro groups is 1. The van der Waals surface area contributed by atoms with E-state index in [0.717, 1.165) is 6.07 Å². The first-order valence-corrected chi connectivity index (χ1v) is 7.40. The molecule has 2 aromatic rings. The Bertz CT molecular complexity index is 801. The second-order valence-electron chi connectivity index (χ2n) is 5.64. The Labute approximate surface area is 135 Å². The van der Waals surface area contributed by atoms with Crippen LogP contribution in [0.1, 0.15) is 11.3 Å². The van der Waals surface area contributed by atoms with E-state index in [9.17, 15) is 23.3 Å². The van der Waals surface area contributed by atoms with Gasteiger partial charge >= 0.3 is 6.18 Å². The molecule has 1 aliphatic rings. The highest BCUT2D eigenvalue weighted by molar-refractivity contribution is 6.00. The van der Waals surface area contributed by atoms with Crippen molar-refractivity contribution in [3.63, 3.8) is 0 Å². The van der Waals surface area contributed by atoms with Crippen LogP contribution in [0.25, 0.3) is 10.9 Å². The van der Waals surface area contributed by atoms with Gasteiger partial charge in [-0.1, -0.05) is 6.07 Å². The fourth-order valence-electron chi connectivity index (χ4n) is 2.93. The number of aromatic nitrogens is 1. The van der Waals surface area contributed by atoms with Crippen molar-refractivity contribution in [2.45, 2.75) is 13.1 Å². The third-order valence-electron chi connectivity index (χ3n) is 4.06. The van der Waals surface area contributed by atoms with Gasteiger partial charge in [0.05, 0.1) is 16.1 Å². The molecule has 0 bridgehead atoms. The van der Waals surface area contributed by atoms with E-state index in [-0.39, 0.29) is 22.3 Å². The third kappa shape index (κ3) is 2.86. The molecule has 6 nitrogen and oxygen atoms in total. The number of benzene rings is 1. The van der Waals surface area contributed by atoms with Gasteiger partial charge < -0.3 is 10.2 Å². The predicted molar refractivity (Wildman–Crippen MR) is 83.2 cm³/mol. The average Bonchev–Trinajstić information content (AvgIpc) is 2.53. The van der Waals surface area contributed by atoms with Gasteiger partial charge in [-0.2, -0.15) is 13.2 Å². The van der Waals surface area contributed by atoms with Crippen LogP contribution < -0.4 is 10.2 Å². The number of hydrogen-bond acceptors (Lipinski definition) is 5. The van der Waals surface area contributed by atoms with Crippen LogP contribution >= 0.6 is 0 Å². The summed E-state index contributed by atoms with van der Waals surface area (Å²) in [7, 11) is 0. The van der Waals surface area contributed by atoms with Crippen molar-refractivity contribution in [3.05, 3.63) is 39.6 Å². The van der Waals surface area contributed by atoms with Crippen LogP contribution in [0.3, 0.4) is 0 Å². The van der Waals surface area contributed by atoms with E-state index < -0.39 is 16.8 Å². The molecule has 0 unspecified atom stereocenters. The fourth-order valence-corrected chi connectivity index (χ4v) is 2.93. The lowest BCUT2D eigenvalue weighted by Crippen LogP contribution is -2.43. The topological polar surface area (TPSA) is 71.3 Å². The molecule has 1 aliphatic heterocycles. The smallest absolute Gasteiger partial charge is 0.368 e. The van der Waals surface area contributed by atoms with Crippen LogP contribution in [0.4, 0.5) is 24.5 Å². The Kier molecular flexibility index (Phi) is 4.04. The summed E-state index contributed by atoms with van der Waals surface area (Å²) in [5.41, 5.74) is -0.644. The minimum absolute atomic E-state index is 0.0179. The van der Waals surface area contributed by atoms with Gasteiger partial charge in [0, 0.05) is 31.7 Å². The van der Waals surface area contributed by atoms with Gasteiger partial charge in [-0.25, -0.2) is 4.98 Å². The van der Waals surface area contributed by atoms with Crippen molar-refractivity contribution in [1.82, 2.24) is 10.3 Å². The van der Waals surface area contributed by atoms with E-state index in [0.29, 0.717) is 31.7 Å². The quantitative estimate of drug-likeness (QED) is 0.672. The Morgan fingerprint density at radius 1 is 1.29 bits per heavy atom. The summed E-state index contributed by atoms with van der Waals surface area (Å²) in [6.07, 6.45) is -4.61. The Balaban J connectivity index is 2.34. The van der Waals surface area contributed by atoms with Crippen LogP contribution in [-0.4, -0.2) is 36.1 Å². The minimum atomic E-state index is -4.61. The van der Waals surface area contributed by atoms with Crippen molar-refractivity contribution in [1.29, 1.82) is 0 Å². The van der Waals surface area contributed by atoms with E-state index in [1.165, 1.54) is 12.1 Å². The lowest BCUT2D eigenvalue weighted by Gasteiger charge is -2.30. The lowest BCUT2D eigenvalue weighted by molar-refractivity contribution is -0.383. The van der Waals surface area contributed by atoms with Gasteiger partial charge in [-0.15, -0.1) is 0 Å². The maximum Gasteiger partial charge on any atom is 0.433 e. The molecule has 128 valence electrons. The van der Waals surface area contributed by atoms with Crippen LogP contribution in [0.5, 0.6) is 0 Å². The molecule has 1 aromatic heterocycles. The molecule has 0 amide bonds. The van der Waals surface area contributed by atoms with Gasteiger partial charge in [0.2, 0.25) is 0 Å². The van der Waals surface area contributed by atoms with Crippen molar-refractivity contribution >= 4 is 22.3 Å². The number of rotatable bonds is 2. The molecule has 0 radical (unpaired) electrons. The van der Waals surface area contributed by atoms with Crippen LogP contribution in [0.15, 0.2) is 18.2 Å². The molecule has 1 saturated heterocycles. The lowest BCUT2D eigenvalue weighted by atomic mass is 10.0. The molecule has 1 aromatic carbocycles. The molecule has 2 heterocycles. The number of nitrogens with zero attached hydrogens (tertiary/aromatic N) is 3. The number of alkyl halides is 3. The van der Waals surface area contributed by atoms with Crippen LogP contribution in [-0.2, 0) is 6.18 Å². The predicted octanol–water partition coefficient (Wildman–Crippen LogP) is 2.88. The summed E-state index contributed by atoms with van der Waals surface area (Å²) in [5, 5.41) is 14.8. The van der Waals surface area contributed by atoms with E-state index >= 15 is 0 Å². The minimum Gasteiger partial charge on any atom is -0.368 e. The van der Waals surface area contributed by atoms with Gasteiger partial charge in [-0.3, -0.25) is 10.1 Å². The number of nitrogens with one attached hydrogen (secondary N) is 1. The van der Waals surface area contributed by atoms with Gasteiger partial charge in [-0.05, 0) is 19.1 Å². The molecule has 1 fully saturated rings. The first-order chi connectivity index (χ1) is 11.3. The highest BCUT2D eigenvalue weighted by Crippen LogP contribution is 2.39. The highest BCUT2D eigenvalue weighted by atomic mass is 19.4. The average molecular weight is 340 g/mol. The summed E-state index contributed by atoms with van der Waals surface area (Å²) < 4.78 is 39.5. The SMILES string of the molecule is Cc1ccc2nc(C(F)(F)F)cc(N3CCNCC3)c2c1[N+](=O)[O-]. The van der Waals surface area contributed by atoms with E-state index in [1.54, 1.807) is 11.8 Å². The Morgan fingerprint density at radius 3 is 2.54 bits per heavy atom. The molecule has 0 saturated carbocycles. The second kappa shape index (κ2) is 5.90. The molecule has 1 N–H and O–H groups in total. The molecule has 9 heteroatoms. The fraction of sp³-hybridized carbons (Fsp3) is 0.400. The summed E-state index contributed by atoms with van der Waals surface area (Å²) in [4.78, 5) is 16.3. The first kappa shape index (κ1) is 16.4. The van der Waals surface area contributed by atoms with Crippen molar-refractivity contribution in [3.8, 4) is 0 Å². The van der Waals surface area contributed by atoms with Gasteiger partial charge in [0.15, 0.2) is 0 Å². The largest absolute Gasteiger partial charge is 0.433 e. The summed E-state index contributed by atoms with van der Waals surface area (Å²) in [5.74, 6) is 0. The monoisotopic (exact) mass is 340 g/mol. The van der Waals surface area contributed by atoms with Crippen molar-refractivity contribution in [2.24, 2.45) is 0 Å². The zero-order valence-electron chi connectivity index (χ0n) is 12.9. The second-order valence-corrected chi connectivity index (χ2v) is 5.64. The Hall–Kier alpha value is -2.42. The summed E-state index contributed by atoms with van der Waals surface area (Å²) in [6, 6.07) is 3.74. The third-order valence-corrected chi connectivity index (χ3v) is 4.06. The standard InChI is InChI=1S/C15H15F3N4O2/c1-9-2-3-10-13(14(9)22(23)24)11(21-6-4-19-5-7-21)8-12(20-10)15(16,17)18/h2-3,8,19H,4-7H2,1H3. The molecule has 0 aliphatic carbocycles.